The van der Waals surface area contributed by atoms with E-state index in [4.69, 9.17) is 50.0 Å². The number of carbonyl (C=O) groups excluding carboxylic acids is 1. The molecule has 2 heterocycles. The van der Waals surface area contributed by atoms with E-state index in [1.165, 1.54) is 12.1 Å². The van der Waals surface area contributed by atoms with Crippen LogP contribution in [0.25, 0.3) is 0 Å². The van der Waals surface area contributed by atoms with Gasteiger partial charge in [-0.05, 0) is 109 Å². The number of allylic oxidation sites excluding steroid dienone is 1. The molecule has 17 heteroatoms. The monoisotopic (exact) mass is 997 g/mol. The van der Waals surface area contributed by atoms with E-state index in [0.29, 0.717) is 53.7 Å². The molecular weight excluding hydrogens is 938 g/mol. The van der Waals surface area contributed by atoms with Crippen molar-refractivity contribution in [2.24, 2.45) is 22.9 Å². The van der Waals surface area contributed by atoms with E-state index in [0.717, 1.165) is 53.0 Å². The van der Waals surface area contributed by atoms with Gasteiger partial charge in [0.05, 0.1) is 35.6 Å². The number of carbonyl (C=O) groups is 1. The number of unbranched alkanes of at least 4 members (excludes halogenated alkanes) is 2. The maximum Gasteiger partial charge on any atom is 0.410 e. The number of nitro groups is 1. The van der Waals surface area contributed by atoms with Gasteiger partial charge in [-0.25, -0.2) is 4.79 Å². The number of fused-ring (bicyclic) bond motifs is 3. The van der Waals surface area contributed by atoms with Crippen LogP contribution in [-0.4, -0.2) is 95.1 Å². The third-order valence-electron chi connectivity index (χ3n) is 13.3. The number of oxime groups is 1. The van der Waals surface area contributed by atoms with Gasteiger partial charge in [0, 0.05) is 60.4 Å². The molecule has 0 bridgehead atoms. The summed E-state index contributed by atoms with van der Waals surface area (Å²) >= 11 is 7.86. The van der Waals surface area contributed by atoms with Crippen LogP contribution >= 0.6 is 23.4 Å². The molecule has 4 aromatic carbocycles. The highest BCUT2D eigenvalue weighted by Gasteiger charge is 2.65. The van der Waals surface area contributed by atoms with E-state index in [-0.39, 0.29) is 82.1 Å². The summed E-state index contributed by atoms with van der Waals surface area (Å²) in [5.74, 6) is 0.696. The number of amides is 1. The quantitative estimate of drug-likeness (QED) is 0.0160. The Balaban J connectivity index is 1.28. The van der Waals surface area contributed by atoms with Crippen LogP contribution < -0.4 is 18.9 Å². The van der Waals surface area contributed by atoms with Crippen LogP contribution in [0.4, 0.5) is 10.5 Å². The van der Waals surface area contributed by atoms with Crippen molar-refractivity contribution in [3.8, 4) is 23.0 Å². The highest BCUT2D eigenvalue weighted by Crippen LogP contribution is 2.62. The smallest absolute Gasteiger partial charge is 0.410 e. The molecule has 4 aliphatic rings. The topological polar surface area (TPSA) is 181 Å². The van der Waals surface area contributed by atoms with Crippen molar-refractivity contribution in [1.82, 2.24) is 4.90 Å². The van der Waals surface area contributed by atoms with E-state index in [9.17, 15) is 25.1 Å². The molecule has 0 spiro atoms. The maximum absolute atomic E-state index is 14.8. The Hall–Kier alpha value is -5.78. The first-order chi connectivity index (χ1) is 34.3. The van der Waals surface area contributed by atoms with Gasteiger partial charge in [0.1, 0.15) is 30.8 Å². The number of hydrogen-bond donors (Lipinski definition) is 2. The van der Waals surface area contributed by atoms with Crippen LogP contribution in [0, 0.1) is 27.9 Å². The zero-order valence-corrected chi connectivity index (χ0v) is 40.6. The van der Waals surface area contributed by atoms with Crippen LogP contribution in [0.2, 0.25) is 0 Å². The molecule has 372 valence electrons. The van der Waals surface area contributed by atoms with Gasteiger partial charge in [-0.15, -0.1) is 29.9 Å². The number of thioether (sulfide) groups is 1. The summed E-state index contributed by atoms with van der Waals surface area (Å²) in [6.45, 7) is 4.75. The molecule has 0 unspecified atom stereocenters. The van der Waals surface area contributed by atoms with Crippen molar-refractivity contribution in [2.45, 2.75) is 80.7 Å². The average molecular weight is 999 g/mol. The maximum atomic E-state index is 14.8. The lowest BCUT2D eigenvalue weighted by atomic mass is 9.55. The van der Waals surface area contributed by atoms with Gasteiger partial charge >= 0.3 is 6.09 Å². The first-order valence-electron chi connectivity index (χ1n) is 23.9. The molecule has 1 amide bonds. The Kier molecular flexibility index (Phi) is 17.6. The number of aliphatic hydroxyl groups is 2. The Morgan fingerprint density at radius 2 is 1.70 bits per heavy atom. The van der Waals surface area contributed by atoms with Gasteiger partial charge in [-0.1, -0.05) is 54.4 Å². The number of halogens is 1. The molecule has 70 heavy (non-hydrogen) atoms. The zero-order chi connectivity index (χ0) is 48.9. The standard InChI is InChI=1S/C53H60ClN3O12S/c1-2-25-67-53-49(56(52(60)64-26-22-54)33-37-16-20-47-48(29-37)66-35-65-47)32-45(55-68-34-36-14-17-39(18-15-36)57(61)62)43-30-38(10-6-8-23-58)42(13-7-9-24-59)50(51(43)53)44-31-40(19-21-46(44)69-53)63-27-28-70-41-11-4-3-5-12-41/h2-5,11-12,14-21,29-31,38,42,49-51,58-59H,1,6-10,13,22-28,32-35H2/t38-,42+,49-,50+,51+,53+/m0/s1. The number of nitro benzene ring substituents is 1. The highest BCUT2D eigenvalue weighted by atomic mass is 35.5. The number of alkyl halides is 1. The SMILES string of the molecule is C=CCO[C@@]12Oc3ccc(OCCSc4ccccc4)cc3[C@H]3[C@H](CCCCO)[C@@H](CCCCO)C=C(C(=NOCc4ccc([N+](=O)[O-])cc4)C[C@@H]1N(Cc1ccc4c(c1)OCO4)C(=O)OCCCl)[C@H]32. The number of hydrogen-bond acceptors (Lipinski definition) is 14. The van der Waals surface area contributed by atoms with E-state index < -0.39 is 28.8 Å². The molecule has 1 fully saturated rings. The Morgan fingerprint density at radius 3 is 2.46 bits per heavy atom. The summed E-state index contributed by atoms with van der Waals surface area (Å²) in [4.78, 5) is 34.7. The van der Waals surface area contributed by atoms with Crippen molar-refractivity contribution in [3.63, 3.8) is 0 Å². The summed E-state index contributed by atoms with van der Waals surface area (Å²) in [6.07, 6.45) is 7.65. The van der Waals surface area contributed by atoms with Crippen molar-refractivity contribution in [3.05, 3.63) is 142 Å². The molecule has 0 aromatic heterocycles. The number of aliphatic hydroxyl groups excluding tert-OH is 2. The van der Waals surface area contributed by atoms with Crippen LogP contribution in [0.15, 0.2) is 125 Å². The third kappa shape index (κ3) is 11.7. The molecule has 15 nitrogen and oxygen atoms in total. The fourth-order valence-electron chi connectivity index (χ4n) is 10.2. The molecule has 2 aliphatic heterocycles. The van der Waals surface area contributed by atoms with Gasteiger partial charge in [0.2, 0.25) is 12.6 Å². The predicted molar refractivity (Wildman–Crippen MR) is 266 cm³/mol. The Morgan fingerprint density at radius 1 is 0.943 bits per heavy atom. The number of benzene rings is 4. The fraction of sp³-hybridized carbons (Fsp3) is 0.434. The summed E-state index contributed by atoms with van der Waals surface area (Å²) in [5.41, 5.74) is 3.69. The first kappa shape index (κ1) is 50.6. The van der Waals surface area contributed by atoms with Crippen LogP contribution in [0.3, 0.4) is 0 Å². The predicted octanol–water partition coefficient (Wildman–Crippen LogP) is 10.2. The molecule has 2 N–H and O–H groups in total. The highest BCUT2D eigenvalue weighted by molar-refractivity contribution is 7.99. The molecular formula is C53H60ClN3O12S. The third-order valence-corrected chi connectivity index (χ3v) is 14.4. The van der Waals surface area contributed by atoms with Crippen molar-refractivity contribution in [1.29, 1.82) is 0 Å². The summed E-state index contributed by atoms with van der Waals surface area (Å²) in [6, 6.07) is 26.8. The molecule has 8 rings (SSSR count). The van der Waals surface area contributed by atoms with Crippen LogP contribution in [0.5, 0.6) is 23.0 Å². The van der Waals surface area contributed by atoms with Gasteiger partial charge in [-0.3, -0.25) is 15.0 Å². The molecule has 2 aliphatic carbocycles. The van der Waals surface area contributed by atoms with Crippen molar-refractivity contribution in [2.75, 3.05) is 51.5 Å². The number of rotatable bonds is 25. The lowest BCUT2D eigenvalue weighted by molar-refractivity contribution is -0.384. The lowest BCUT2D eigenvalue weighted by Crippen LogP contribution is -2.70. The van der Waals surface area contributed by atoms with Gasteiger partial charge in [0.15, 0.2) is 11.5 Å². The largest absolute Gasteiger partial charge is 0.493 e. The molecule has 4 aromatic rings. The zero-order valence-electron chi connectivity index (χ0n) is 39.0. The first-order valence-corrected chi connectivity index (χ1v) is 25.4. The van der Waals surface area contributed by atoms with E-state index in [1.54, 1.807) is 34.9 Å². The summed E-state index contributed by atoms with van der Waals surface area (Å²) in [5, 5.41) is 36.4. The summed E-state index contributed by atoms with van der Waals surface area (Å²) in [7, 11) is 0. The van der Waals surface area contributed by atoms with E-state index in [1.807, 2.05) is 48.5 Å². The average Bonchev–Trinajstić information content (AvgIpc) is 3.85. The van der Waals surface area contributed by atoms with Crippen molar-refractivity contribution < 1.29 is 53.2 Å². The molecule has 1 saturated carbocycles. The molecule has 0 radical (unpaired) electrons. The van der Waals surface area contributed by atoms with Gasteiger partial charge < -0.3 is 43.5 Å². The Bertz CT molecular complexity index is 2480. The second-order valence-corrected chi connectivity index (χ2v) is 19.1. The van der Waals surface area contributed by atoms with Crippen molar-refractivity contribution >= 4 is 40.9 Å². The van der Waals surface area contributed by atoms with Gasteiger partial charge in [-0.2, -0.15) is 0 Å². The number of non-ortho nitro benzene ring substituents is 1. The normalized spacial score (nSPS) is 22.2. The minimum atomic E-state index is -1.56. The second kappa shape index (κ2) is 24.4. The fourth-order valence-corrected chi connectivity index (χ4v) is 11.0. The van der Waals surface area contributed by atoms with Crippen LogP contribution in [0.1, 0.15) is 67.6 Å². The minimum absolute atomic E-state index is 0.00811. The van der Waals surface area contributed by atoms with Gasteiger partial charge in [0.25, 0.3) is 5.69 Å². The molecule has 0 saturated heterocycles. The number of nitrogens with zero attached hydrogens (tertiary/aromatic N) is 3. The number of ether oxygens (including phenoxy) is 6. The lowest BCUT2D eigenvalue weighted by Gasteiger charge is -2.59. The van der Waals surface area contributed by atoms with E-state index >= 15 is 0 Å². The van der Waals surface area contributed by atoms with Crippen LogP contribution in [-0.2, 0) is 27.5 Å². The summed E-state index contributed by atoms with van der Waals surface area (Å²) < 4.78 is 38.3. The Labute approximate surface area is 417 Å². The minimum Gasteiger partial charge on any atom is -0.493 e. The second-order valence-electron chi connectivity index (χ2n) is 17.6. The van der Waals surface area contributed by atoms with E-state index in [2.05, 4.69) is 30.9 Å². The molecule has 6 atom stereocenters.